The maximum atomic E-state index is 12.3. The second kappa shape index (κ2) is 13.7. The van der Waals surface area contributed by atoms with Gasteiger partial charge in [-0.05, 0) is 30.4 Å². The molecule has 0 aromatic heterocycles. The third-order valence-electron chi connectivity index (χ3n) is 4.69. The maximum absolute atomic E-state index is 12.3. The number of hydrogen-bond acceptors (Lipinski definition) is 5. The van der Waals surface area contributed by atoms with Gasteiger partial charge in [0.15, 0.2) is 0 Å². The van der Waals surface area contributed by atoms with Crippen LogP contribution in [0.5, 0.6) is 0 Å². The first-order chi connectivity index (χ1) is 15.4. The zero-order valence-electron chi connectivity index (χ0n) is 17.8. The molecule has 172 valence electrons. The van der Waals surface area contributed by atoms with Gasteiger partial charge in [0.2, 0.25) is 5.91 Å². The minimum absolute atomic E-state index is 0.145. The van der Waals surface area contributed by atoms with Gasteiger partial charge in [0.1, 0.15) is 6.61 Å². The summed E-state index contributed by atoms with van der Waals surface area (Å²) in [4.78, 5) is 35.1. The monoisotopic (exact) mass is 442 g/mol. The summed E-state index contributed by atoms with van der Waals surface area (Å²) < 4.78 is 5.29. The number of carbonyl (C=O) groups excluding carboxylic acids is 2. The molecular weight excluding hydrogens is 412 g/mol. The molecule has 0 aliphatic heterocycles. The van der Waals surface area contributed by atoms with Crippen molar-refractivity contribution in [2.45, 2.75) is 38.0 Å². The lowest BCUT2D eigenvalue weighted by Gasteiger charge is -2.21. The van der Waals surface area contributed by atoms with Gasteiger partial charge < -0.3 is 31.5 Å². The standard InChI is InChI=1S/C23H30N4O5/c24-20(12-7-13-25-22(29)30)21(28)26-15-19(14-17-8-3-1-4-9-17)27-23(31)32-16-18-10-5-2-6-11-18/h1-6,8-11,19-20,25H,7,12-16,24H2,(H,26,28)(H,27,31)(H,29,30)/t19-,20+/m0/s1. The molecule has 0 heterocycles. The van der Waals surface area contributed by atoms with Crippen molar-refractivity contribution >= 4 is 18.1 Å². The molecule has 0 saturated heterocycles. The summed E-state index contributed by atoms with van der Waals surface area (Å²) >= 11 is 0. The van der Waals surface area contributed by atoms with Crippen molar-refractivity contribution in [2.24, 2.45) is 5.73 Å². The number of rotatable bonds is 12. The zero-order valence-corrected chi connectivity index (χ0v) is 17.8. The van der Waals surface area contributed by atoms with E-state index in [1.807, 2.05) is 60.7 Å². The molecule has 3 amide bonds. The SMILES string of the molecule is N[C@H](CCCNC(=O)O)C(=O)NC[C@H](Cc1ccccc1)NC(=O)OCc1ccccc1. The molecule has 0 aliphatic rings. The molecule has 6 N–H and O–H groups in total. The van der Waals surface area contributed by atoms with Gasteiger partial charge >= 0.3 is 12.2 Å². The quantitative estimate of drug-likeness (QED) is 0.318. The first-order valence-corrected chi connectivity index (χ1v) is 10.4. The van der Waals surface area contributed by atoms with Gasteiger partial charge in [-0.1, -0.05) is 60.7 Å². The van der Waals surface area contributed by atoms with Gasteiger partial charge in [0.05, 0.1) is 12.1 Å². The summed E-state index contributed by atoms with van der Waals surface area (Å²) in [6.45, 7) is 0.545. The molecule has 0 bridgehead atoms. The van der Waals surface area contributed by atoms with Crippen LogP contribution in [0.2, 0.25) is 0 Å². The van der Waals surface area contributed by atoms with Crippen molar-refractivity contribution in [1.29, 1.82) is 0 Å². The molecule has 32 heavy (non-hydrogen) atoms. The number of nitrogens with two attached hydrogens (primary N) is 1. The Kier molecular flexibility index (Phi) is 10.5. The molecule has 9 heteroatoms. The second-order valence-corrected chi connectivity index (χ2v) is 7.32. The third kappa shape index (κ3) is 9.94. The summed E-state index contributed by atoms with van der Waals surface area (Å²) in [7, 11) is 0. The van der Waals surface area contributed by atoms with Crippen molar-refractivity contribution in [1.82, 2.24) is 16.0 Å². The Bertz CT molecular complexity index is 848. The van der Waals surface area contributed by atoms with Gasteiger partial charge in [-0.2, -0.15) is 0 Å². The highest BCUT2D eigenvalue weighted by Gasteiger charge is 2.18. The molecule has 0 radical (unpaired) electrons. The van der Waals surface area contributed by atoms with Gasteiger partial charge in [-0.15, -0.1) is 0 Å². The molecular formula is C23H30N4O5. The van der Waals surface area contributed by atoms with E-state index in [1.165, 1.54) is 0 Å². The van der Waals surface area contributed by atoms with E-state index in [-0.39, 0.29) is 25.6 Å². The number of alkyl carbamates (subject to hydrolysis) is 1. The normalized spacial score (nSPS) is 12.3. The lowest BCUT2D eigenvalue weighted by molar-refractivity contribution is -0.122. The van der Waals surface area contributed by atoms with E-state index in [1.54, 1.807) is 0 Å². The van der Waals surface area contributed by atoms with Crippen LogP contribution in [0.4, 0.5) is 9.59 Å². The highest BCUT2D eigenvalue weighted by Crippen LogP contribution is 2.05. The molecule has 2 rings (SSSR count). The summed E-state index contributed by atoms with van der Waals surface area (Å²) in [6.07, 6.45) is -0.412. The Morgan fingerprint density at radius 1 is 0.938 bits per heavy atom. The summed E-state index contributed by atoms with van der Waals surface area (Å²) in [5.41, 5.74) is 7.76. The highest BCUT2D eigenvalue weighted by molar-refractivity contribution is 5.81. The zero-order chi connectivity index (χ0) is 23.2. The van der Waals surface area contributed by atoms with E-state index < -0.39 is 24.3 Å². The van der Waals surface area contributed by atoms with Crippen LogP contribution in [0.15, 0.2) is 60.7 Å². The average molecular weight is 443 g/mol. The van der Waals surface area contributed by atoms with Crippen LogP contribution in [0.1, 0.15) is 24.0 Å². The highest BCUT2D eigenvalue weighted by atomic mass is 16.5. The summed E-state index contributed by atoms with van der Waals surface area (Å²) in [6, 6.07) is 17.8. The molecule has 2 atom stereocenters. The summed E-state index contributed by atoms with van der Waals surface area (Å²) in [5, 5.41) is 16.4. The van der Waals surface area contributed by atoms with Gasteiger partial charge in [-0.3, -0.25) is 4.79 Å². The summed E-state index contributed by atoms with van der Waals surface area (Å²) in [5.74, 6) is -0.363. The van der Waals surface area contributed by atoms with E-state index in [0.717, 1.165) is 11.1 Å². The Hall–Kier alpha value is -3.59. The number of carbonyl (C=O) groups is 3. The minimum atomic E-state index is -1.11. The largest absolute Gasteiger partial charge is 0.465 e. The van der Waals surface area contributed by atoms with Crippen LogP contribution < -0.4 is 21.7 Å². The molecule has 9 nitrogen and oxygen atoms in total. The first-order valence-electron chi connectivity index (χ1n) is 10.4. The Morgan fingerprint density at radius 2 is 1.56 bits per heavy atom. The fourth-order valence-corrected chi connectivity index (χ4v) is 3.01. The van der Waals surface area contributed by atoms with Gasteiger partial charge in [0.25, 0.3) is 0 Å². The maximum Gasteiger partial charge on any atom is 0.407 e. The smallest absolute Gasteiger partial charge is 0.407 e. The molecule has 2 aromatic rings. The number of hydrogen-bond donors (Lipinski definition) is 5. The van der Waals surface area contributed by atoms with Crippen LogP contribution in [0.3, 0.4) is 0 Å². The van der Waals surface area contributed by atoms with E-state index in [9.17, 15) is 14.4 Å². The lowest BCUT2D eigenvalue weighted by Crippen LogP contribution is -2.49. The van der Waals surface area contributed by atoms with Crippen LogP contribution in [-0.2, 0) is 22.6 Å². The third-order valence-corrected chi connectivity index (χ3v) is 4.69. The van der Waals surface area contributed by atoms with E-state index in [2.05, 4.69) is 16.0 Å². The molecule has 0 unspecified atom stereocenters. The van der Waals surface area contributed by atoms with Crippen molar-refractivity contribution in [3.05, 3.63) is 71.8 Å². The van der Waals surface area contributed by atoms with Gasteiger partial charge in [-0.25, -0.2) is 9.59 Å². The second-order valence-electron chi connectivity index (χ2n) is 7.32. The molecule has 2 aromatic carbocycles. The van der Waals surface area contributed by atoms with E-state index >= 15 is 0 Å². The Labute approximate surface area is 187 Å². The van der Waals surface area contributed by atoms with Gasteiger partial charge in [0, 0.05) is 13.1 Å². The predicted octanol–water partition coefficient (Wildman–Crippen LogP) is 2.02. The van der Waals surface area contributed by atoms with Crippen molar-refractivity contribution in [2.75, 3.05) is 13.1 Å². The van der Waals surface area contributed by atoms with Crippen LogP contribution in [0.25, 0.3) is 0 Å². The van der Waals surface area contributed by atoms with Crippen molar-refractivity contribution in [3.8, 4) is 0 Å². The van der Waals surface area contributed by atoms with Crippen LogP contribution >= 0.6 is 0 Å². The molecule has 0 aliphatic carbocycles. The fraction of sp³-hybridized carbons (Fsp3) is 0.348. The number of benzene rings is 2. The lowest BCUT2D eigenvalue weighted by atomic mass is 10.1. The molecule has 0 spiro atoms. The van der Waals surface area contributed by atoms with Crippen molar-refractivity contribution in [3.63, 3.8) is 0 Å². The average Bonchev–Trinajstić information content (AvgIpc) is 2.79. The first kappa shape index (κ1) is 24.7. The number of carboxylic acid groups (broad SMARTS) is 1. The predicted molar refractivity (Wildman–Crippen MR) is 120 cm³/mol. The fourth-order valence-electron chi connectivity index (χ4n) is 3.01. The van der Waals surface area contributed by atoms with Crippen LogP contribution in [-0.4, -0.2) is 48.4 Å². The minimum Gasteiger partial charge on any atom is -0.465 e. The van der Waals surface area contributed by atoms with Crippen LogP contribution in [0, 0.1) is 0 Å². The number of ether oxygens (including phenoxy) is 1. The molecule has 0 saturated carbocycles. The molecule has 0 fully saturated rings. The Morgan fingerprint density at radius 3 is 2.19 bits per heavy atom. The van der Waals surface area contributed by atoms with Crippen molar-refractivity contribution < 1.29 is 24.2 Å². The number of nitrogens with one attached hydrogen (secondary N) is 3. The Balaban J connectivity index is 1.85. The van der Waals surface area contributed by atoms with E-state index in [0.29, 0.717) is 19.3 Å². The number of amides is 3. The van der Waals surface area contributed by atoms with E-state index in [4.69, 9.17) is 15.6 Å². The topological polar surface area (TPSA) is 143 Å².